The van der Waals surface area contributed by atoms with Gasteiger partial charge in [-0.15, -0.1) is 0 Å². The molecule has 2 aromatic rings. The molecule has 0 radical (unpaired) electrons. The number of nitrogens with zero attached hydrogens (tertiary/aromatic N) is 1. The summed E-state index contributed by atoms with van der Waals surface area (Å²) >= 11 is 3.39. The Morgan fingerprint density at radius 3 is 2.28 bits per heavy atom. The zero-order valence-corrected chi connectivity index (χ0v) is 15.3. The van der Waals surface area contributed by atoms with Gasteiger partial charge < -0.3 is 0 Å². The summed E-state index contributed by atoms with van der Waals surface area (Å²) in [5.41, 5.74) is 2.86. The number of benzene rings is 2. The Hall–Kier alpha value is -2.73. The van der Waals surface area contributed by atoms with E-state index in [2.05, 4.69) is 21.2 Å². The van der Waals surface area contributed by atoms with E-state index in [1.165, 1.54) is 6.08 Å². The van der Waals surface area contributed by atoms with E-state index < -0.39 is 17.8 Å². The lowest BCUT2D eigenvalue weighted by atomic mass is 10.1. The van der Waals surface area contributed by atoms with Crippen LogP contribution < -0.4 is 10.2 Å². The van der Waals surface area contributed by atoms with Gasteiger partial charge in [-0.05, 0) is 54.8 Å². The number of amides is 4. The monoisotopic (exact) mass is 398 g/mol. The van der Waals surface area contributed by atoms with Crippen LogP contribution in [0.3, 0.4) is 0 Å². The average Bonchev–Trinajstić information content (AvgIpc) is 2.52. The van der Waals surface area contributed by atoms with Gasteiger partial charge in [-0.1, -0.05) is 40.2 Å². The van der Waals surface area contributed by atoms with Crippen LogP contribution in [-0.2, 0) is 9.59 Å². The summed E-state index contributed by atoms with van der Waals surface area (Å²) in [5, 5.41) is 2.23. The maximum absolute atomic E-state index is 12.8. The first kappa shape index (κ1) is 17.1. The van der Waals surface area contributed by atoms with Gasteiger partial charge >= 0.3 is 6.03 Å². The third-order valence-electron chi connectivity index (χ3n) is 3.77. The Bertz CT molecular complexity index is 914. The number of hydrogen-bond acceptors (Lipinski definition) is 3. The molecule has 1 aliphatic heterocycles. The van der Waals surface area contributed by atoms with Crippen LogP contribution in [0, 0.1) is 13.8 Å². The number of carbonyl (C=O) groups excluding carboxylic acids is 3. The lowest BCUT2D eigenvalue weighted by Gasteiger charge is -2.27. The second kappa shape index (κ2) is 6.64. The molecule has 0 atom stereocenters. The summed E-state index contributed by atoms with van der Waals surface area (Å²) in [6, 6.07) is 11.9. The van der Waals surface area contributed by atoms with E-state index in [0.29, 0.717) is 11.3 Å². The molecule has 0 bridgehead atoms. The van der Waals surface area contributed by atoms with E-state index in [1.54, 1.807) is 24.3 Å². The van der Waals surface area contributed by atoms with Crippen molar-refractivity contribution in [2.45, 2.75) is 13.8 Å². The second-order valence-electron chi connectivity index (χ2n) is 5.83. The third kappa shape index (κ3) is 3.39. The van der Waals surface area contributed by atoms with Gasteiger partial charge in [-0.3, -0.25) is 14.9 Å². The van der Waals surface area contributed by atoms with Crippen LogP contribution in [0.2, 0.25) is 0 Å². The van der Waals surface area contributed by atoms with Crippen LogP contribution in [0.15, 0.2) is 52.5 Å². The highest BCUT2D eigenvalue weighted by atomic mass is 79.9. The number of urea groups is 1. The molecule has 0 saturated carbocycles. The summed E-state index contributed by atoms with van der Waals surface area (Å²) in [5.74, 6) is -1.35. The molecule has 25 heavy (non-hydrogen) atoms. The average molecular weight is 399 g/mol. The Balaban J connectivity index is 2.07. The summed E-state index contributed by atoms with van der Waals surface area (Å²) in [7, 11) is 0. The topological polar surface area (TPSA) is 66.5 Å². The van der Waals surface area contributed by atoms with Crippen molar-refractivity contribution in [3.05, 3.63) is 69.2 Å². The largest absolute Gasteiger partial charge is 0.335 e. The van der Waals surface area contributed by atoms with Crippen molar-refractivity contribution in [1.29, 1.82) is 0 Å². The van der Waals surface area contributed by atoms with Crippen LogP contribution in [0.25, 0.3) is 6.08 Å². The molecule has 0 aromatic heterocycles. The van der Waals surface area contributed by atoms with Crippen molar-refractivity contribution in [1.82, 2.24) is 5.32 Å². The molecule has 126 valence electrons. The number of halogens is 1. The third-order valence-corrected chi connectivity index (χ3v) is 4.49. The zero-order chi connectivity index (χ0) is 18.1. The molecule has 6 heteroatoms. The van der Waals surface area contributed by atoms with Crippen molar-refractivity contribution in [3.8, 4) is 0 Å². The molecule has 2 aromatic carbocycles. The first-order valence-corrected chi connectivity index (χ1v) is 8.40. The molecule has 3 rings (SSSR count). The van der Waals surface area contributed by atoms with Gasteiger partial charge in [0.25, 0.3) is 11.8 Å². The van der Waals surface area contributed by atoms with Crippen LogP contribution >= 0.6 is 15.9 Å². The van der Waals surface area contributed by atoms with Crippen LogP contribution in [0.4, 0.5) is 10.5 Å². The minimum atomic E-state index is -0.746. The number of imide groups is 2. The Labute approximate surface area is 153 Å². The molecule has 0 spiro atoms. The fraction of sp³-hybridized carbons (Fsp3) is 0.105. The van der Waals surface area contributed by atoms with E-state index in [9.17, 15) is 14.4 Å². The van der Waals surface area contributed by atoms with Gasteiger partial charge in [0.05, 0.1) is 5.69 Å². The van der Waals surface area contributed by atoms with Gasteiger partial charge in [-0.25, -0.2) is 9.69 Å². The standard InChI is InChI=1S/C19H15BrN2O3/c1-11-7-12(2)9-14(8-11)22-18(24)15(17(23)21-19(22)25)10-13-5-3-4-6-16(13)20/h3-10H,1-2H3,(H,21,23,25)/b15-10+. The predicted octanol–water partition coefficient (Wildman–Crippen LogP) is 3.73. The summed E-state index contributed by atoms with van der Waals surface area (Å²) in [4.78, 5) is 38.3. The van der Waals surface area contributed by atoms with Crippen LogP contribution in [0.5, 0.6) is 0 Å². The molecule has 1 saturated heterocycles. The number of rotatable bonds is 2. The van der Waals surface area contributed by atoms with E-state index >= 15 is 0 Å². The molecule has 1 fully saturated rings. The number of nitrogens with one attached hydrogen (secondary N) is 1. The minimum absolute atomic E-state index is 0.0920. The number of hydrogen-bond donors (Lipinski definition) is 1. The Morgan fingerprint density at radius 1 is 1.00 bits per heavy atom. The first-order chi connectivity index (χ1) is 11.9. The van der Waals surface area contributed by atoms with Gasteiger partial charge in [-0.2, -0.15) is 0 Å². The molecule has 0 unspecified atom stereocenters. The number of anilines is 1. The summed E-state index contributed by atoms with van der Waals surface area (Å²) < 4.78 is 0.748. The summed E-state index contributed by atoms with van der Waals surface area (Å²) in [6.07, 6.45) is 1.48. The lowest BCUT2D eigenvalue weighted by molar-refractivity contribution is -0.122. The highest BCUT2D eigenvalue weighted by molar-refractivity contribution is 9.10. The van der Waals surface area contributed by atoms with E-state index in [0.717, 1.165) is 20.5 Å². The highest BCUT2D eigenvalue weighted by Gasteiger charge is 2.37. The van der Waals surface area contributed by atoms with Gasteiger partial charge in [0, 0.05) is 4.47 Å². The van der Waals surface area contributed by atoms with E-state index in [1.807, 2.05) is 32.0 Å². The SMILES string of the molecule is Cc1cc(C)cc(N2C(=O)NC(=O)/C(=C\c3ccccc3Br)C2=O)c1. The molecule has 1 heterocycles. The normalized spacial score (nSPS) is 16.4. The second-order valence-corrected chi connectivity index (χ2v) is 6.68. The minimum Gasteiger partial charge on any atom is -0.273 e. The predicted molar refractivity (Wildman–Crippen MR) is 99.1 cm³/mol. The maximum atomic E-state index is 12.8. The van der Waals surface area contributed by atoms with Gasteiger partial charge in [0.1, 0.15) is 5.57 Å². The smallest absolute Gasteiger partial charge is 0.273 e. The zero-order valence-electron chi connectivity index (χ0n) is 13.7. The lowest BCUT2D eigenvalue weighted by Crippen LogP contribution is -2.54. The quantitative estimate of drug-likeness (QED) is 0.618. The number of aryl methyl sites for hydroxylation is 2. The summed E-state index contributed by atoms with van der Waals surface area (Å²) in [6.45, 7) is 3.76. The fourth-order valence-corrected chi connectivity index (χ4v) is 3.12. The molecule has 0 aliphatic carbocycles. The molecule has 1 aliphatic rings. The maximum Gasteiger partial charge on any atom is 0.335 e. The Morgan fingerprint density at radius 2 is 1.64 bits per heavy atom. The Kier molecular flexibility index (Phi) is 4.55. The van der Waals surface area contributed by atoms with E-state index in [-0.39, 0.29) is 5.57 Å². The number of barbiturate groups is 1. The van der Waals surface area contributed by atoms with Gasteiger partial charge in [0.15, 0.2) is 0 Å². The van der Waals surface area contributed by atoms with Crippen LogP contribution in [-0.4, -0.2) is 17.8 Å². The molecule has 4 amide bonds. The first-order valence-electron chi connectivity index (χ1n) is 7.61. The van der Waals surface area contributed by atoms with Gasteiger partial charge in [0.2, 0.25) is 0 Å². The van der Waals surface area contributed by atoms with Crippen molar-refractivity contribution >= 4 is 45.5 Å². The number of carbonyl (C=O) groups is 3. The molecular weight excluding hydrogens is 384 g/mol. The molecule has 1 N–H and O–H groups in total. The highest BCUT2D eigenvalue weighted by Crippen LogP contribution is 2.25. The fourth-order valence-electron chi connectivity index (χ4n) is 2.72. The molecule has 5 nitrogen and oxygen atoms in total. The van der Waals surface area contributed by atoms with Crippen molar-refractivity contribution in [2.24, 2.45) is 0 Å². The van der Waals surface area contributed by atoms with Crippen molar-refractivity contribution in [2.75, 3.05) is 4.90 Å². The van der Waals surface area contributed by atoms with Crippen molar-refractivity contribution in [3.63, 3.8) is 0 Å². The van der Waals surface area contributed by atoms with Crippen molar-refractivity contribution < 1.29 is 14.4 Å². The van der Waals surface area contributed by atoms with Crippen LogP contribution in [0.1, 0.15) is 16.7 Å². The molecular formula is C19H15BrN2O3. The van der Waals surface area contributed by atoms with E-state index in [4.69, 9.17) is 0 Å².